The molecule has 730 valence electrons. The van der Waals surface area contributed by atoms with Gasteiger partial charge in [-0.25, -0.2) is 42.3 Å². The molecular weight excluding hydrogens is 1900 g/mol. The van der Waals surface area contributed by atoms with E-state index in [1.807, 2.05) is 181 Å². The molecule has 0 unspecified atom stereocenters. The number of halogens is 4. The van der Waals surface area contributed by atoms with E-state index in [2.05, 4.69) is 43.9 Å². The summed E-state index contributed by atoms with van der Waals surface area (Å²) in [6.07, 6.45) is 2.40. The zero-order valence-electron chi connectivity index (χ0n) is 78.3. The van der Waals surface area contributed by atoms with Crippen LogP contribution in [0.1, 0.15) is 130 Å². The van der Waals surface area contributed by atoms with Gasteiger partial charge in [-0.05, 0) is 242 Å². The predicted octanol–water partition coefficient (Wildman–Crippen LogP) is 23.4. The smallest absolute Gasteiger partial charge is 0.351 e. The van der Waals surface area contributed by atoms with Crippen LogP contribution in [0.3, 0.4) is 0 Å². The van der Waals surface area contributed by atoms with Crippen LogP contribution in [0.25, 0.3) is 54.8 Å². The average Bonchev–Trinajstić information content (AvgIpc) is 1.57. The molecule has 0 atom stereocenters. The van der Waals surface area contributed by atoms with Crippen LogP contribution in [0, 0.1) is 11.6 Å². The number of hydrogen-bond acceptors (Lipinski definition) is 24. The highest BCUT2D eigenvalue weighted by Gasteiger charge is 2.25. The average molecular weight is 1990 g/mol. The molecule has 26 nitrogen and oxygen atoms in total. The molecule has 1 saturated heterocycles. The van der Waals surface area contributed by atoms with Crippen molar-refractivity contribution in [1.29, 1.82) is 0 Å². The van der Waals surface area contributed by atoms with E-state index in [4.69, 9.17) is 69.3 Å². The van der Waals surface area contributed by atoms with E-state index in [1.54, 1.807) is 72.8 Å². The molecule has 8 heterocycles. The normalized spacial score (nSPS) is 12.0. The first-order valence-corrected chi connectivity index (χ1v) is 46.8. The van der Waals surface area contributed by atoms with Crippen LogP contribution in [0.4, 0.5) is 37.2 Å². The molecular formula is C115H91Cl2F2N5O21. The number of anilines is 5. The Labute approximate surface area is 836 Å². The fraction of sp³-hybridized carbons (Fsp3) is 0.148. The maximum atomic E-state index is 13.3. The van der Waals surface area contributed by atoms with Crippen LogP contribution >= 0.6 is 23.2 Å². The van der Waals surface area contributed by atoms with Gasteiger partial charge in [-0.1, -0.05) is 145 Å². The third-order valence-electron chi connectivity index (χ3n) is 24.3. The number of aromatic carboxylic acids is 2. The van der Waals surface area contributed by atoms with Crippen molar-refractivity contribution in [2.24, 2.45) is 0 Å². The minimum Gasteiger partial charge on any atom is -0.477 e. The highest BCUT2D eigenvalue weighted by atomic mass is 35.5. The maximum Gasteiger partial charge on any atom is 0.351 e. The number of Topliss-reactive ketones (excluding diaryl/α,β-unsaturated/α-hetero) is 3. The van der Waals surface area contributed by atoms with Crippen molar-refractivity contribution in [2.75, 3.05) is 51.2 Å². The third-order valence-corrected chi connectivity index (χ3v) is 24.8. The van der Waals surface area contributed by atoms with E-state index in [1.165, 1.54) is 87.2 Å². The van der Waals surface area contributed by atoms with E-state index in [0.717, 1.165) is 98.8 Å². The summed E-state index contributed by atoms with van der Waals surface area (Å²) in [6.45, 7) is 11.1. The van der Waals surface area contributed by atoms with Gasteiger partial charge in [0.05, 0.1) is 0 Å². The lowest BCUT2D eigenvalue weighted by molar-refractivity contribution is 0.0681. The highest BCUT2D eigenvalue weighted by molar-refractivity contribution is 6.31. The van der Waals surface area contributed by atoms with Gasteiger partial charge < -0.3 is 75.7 Å². The molecule has 0 amide bonds. The van der Waals surface area contributed by atoms with E-state index in [9.17, 15) is 61.8 Å². The summed E-state index contributed by atoms with van der Waals surface area (Å²) in [6, 6.07) is 94.7. The molecule has 1 fully saturated rings. The molecule has 2 N–H and O–H groups in total. The van der Waals surface area contributed by atoms with Gasteiger partial charge in [0, 0.05) is 161 Å². The van der Waals surface area contributed by atoms with E-state index in [-0.39, 0.29) is 64.8 Å². The van der Waals surface area contributed by atoms with Crippen molar-refractivity contribution in [3.8, 4) is 23.0 Å². The molecule has 5 aromatic heterocycles. The Bertz CT molecular complexity index is 7820. The first-order valence-electron chi connectivity index (χ1n) is 46.0. The standard InChI is InChI=1S/C26H19NO8.C25H19F2NO3.C25H21NO3.C24H17Cl2NO4.C15H15NO3/c28-25(29)19-9-17-3-4-18(10-22(17)35-26(19)30)27(11-15-1-5-20-23(7-15)33-13-31-20)12-16-2-6-21-24(8-16)34-14-32-21;1-16(29)23-12-19-6-11-22(13-24(19)31-25(23)30)28(14-17-2-7-20(26)8-3-17)15-18-4-9-21(27)10-5-18;1-18(27)23-14-21-12-13-22(15-24(21)29-25(23)28)26(16-19-8-4-2-5-9-19)17-20-10-6-3-7-11-20;25-18-6-1-15(2-7-18)13-27(14-16-3-8-19(26)9-4-16)20-10-5-17-11-21(23(28)29)24(30)31-22(17)12-20;1-10(17)13-8-11-4-5-12(16-6-2-3-7-16)9-14(11)19-15(13)18/h1-10H,11-14H2,(H,28,29);2-13H,14-15H2,1H3;2-15H,16-17H2,1H3;1-12H,13-14H2,(H,28,29);4-5,8-9H,2-3,6-7H2,1H3. The lowest BCUT2D eigenvalue weighted by Crippen LogP contribution is -2.22. The lowest BCUT2D eigenvalue weighted by atomic mass is 10.1. The second-order valence-electron chi connectivity index (χ2n) is 34.6. The SMILES string of the molecule is CC(=O)c1cc2ccc(N(Cc3ccc(F)cc3)Cc3ccc(F)cc3)cc2oc1=O.CC(=O)c1cc2ccc(N(Cc3ccccc3)Cc3ccccc3)cc2oc1=O.CC(=O)c1cc2ccc(N3CCCC3)cc2oc1=O.O=C(O)c1cc2ccc(N(Cc3ccc(Cl)cc3)Cc3ccc(Cl)cc3)cc2oc1=O.O=C(O)c1cc2ccc(N(Cc3ccc4c(c3)OCO4)Cc3ccc4c(c3)OCO4)cc2oc1=O. The van der Waals surface area contributed by atoms with Gasteiger partial charge in [0.25, 0.3) is 0 Å². The number of ether oxygens (including phenoxy) is 4. The molecule has 0 radical (unpaired) electrons. The number of ketones is 3. The van der Waals surface area contributed by atoms with Gasteiger partial charge in [-0.15, -0.1) is 0 Å². The van der Waals surface area contributed by atoms with Crippen LogP contribution in [0.5, 0.6) is 23.0 Å². The molecule has 30 heteroatoms. The summed E-state index contributed by atoms with van der Waals surface area (Å²) < 4.78 is 75.2. The fourth-order valence-electron chi connectivity index (χ4n) is 16.8. The zero-order chi connectivity index (χ0) is 101. The van der Waals surface area contributed by atoms with E-state index in [0.29, 0.717) is 116 Å². The summed E-state index contributed by atoms with van der Waals surface area (Å²) in [4.78, 5) is 128. The van der Waals surface area contributed by atoms with Gasteiger partial charge in [0.2, 0.25) is 13.6 Å². The Balaban J connectivity index is 0.000000125. The van der Waals surface area contributed by atoms with Crippen molar-refractivity contribution in [3.63, 3.8) is 0 Å². The van der Waals surface area contributed by atoms with Crippen LogP contribution in [0.15, 0.2) is 362 Å². The molecule has 13 aromatic carbocycles. The van der Waals surface area contributed by atoms with Crippen LogP contribution in [-0.4, -0.2) is 66.2 Å². The zero-order valence-corrected chi connectivity index (χ0v) is 79.8. The van der Waals surface area contributed by atoms with Gasteiger partial charge in [0.1, 0.15) is 67.4 Å². The molecule has 21 rings (SSSR count). The number of carboxylic acid groups (broad SMARTS) is 2. The molecule has 0 aliphatic carbocycles. The van der Waals surface area contributed by atoms with Crippen molar-refractivity contribution >= 4 is 136 Å². The molecule has 18 aromatic rings. The summed E-state index contributed by atoms with van der Waals surface area (Å²) in [5, 5.41) is 22.9. The summed E-state index contributed by atoms with van der Waals surface area (Å²) in [5.41, 5.74) is 10.5. The van der Waals surface area contributed by atoms with Gasteiger partial charge >= 0.3 is 40.1 Å². The molecule has 0 bridgehead atoms. The Hall–Kier alpha value is -17.5. The summed E-state index contributed by atoms with van der Waals surface area (Å²) in [7, 11) is 0. The fourth-order valence-corrected chi connectivity index (χ4v) is 17.1. The molecule has 145 heavy (non-hydrogen) atoms. The number of hydrogen-bond donors (Lipinski definition) is 2. The quantitative estimate of drug-likeness (QED) is 0.0376. The monoisotopic (exact) mass is 1990 g/mol. The van der Waals surface area contributed by atoms with Gasteiger partial charge in [-0.2, -0.15) is 0 Å². The number of carbonyl (C=O) groups is 5. The number of fused-ring (bicyclic) bond motifs is 7. The second-order valence-corrected chi connectivity index (χ2v) is 35.5. The Morgan fingerprint density at radius 1 is 0.290 bits per heavy atom. The topological polar surface area (TPSA) is 330 Å². The Morgan fingerprint density at radius 3 is 0.848 bits per heavy atom. The van der Waals surface area contributed by atoms with E-state index < -0.39 is 45.6 Å². The van der Waals surface area contributed by atoms with Crippen LogP contribution < -0.4 is 71.6 Å². The number of benzene rings is 13. The molecule has 0 spiro atoms. The molecule has 3 aliphatic rings. The Kier molecular flexibility index (Phi) is 30.7. The minimum atomic E-state index is -1.32. The molecule has 3 aliphatic heterocycles. The van der Waals surface area contributed by atoms with Crippen molar-refractivity contribution < 1.29 is 84.0 Å². The summed E-state index contributed by atoms with van der Waals surface area (Å²) in [5.74, 6) is -1.38. The summed E-state index contributed by atoms with van der Waals surface area (Å²) >= 11 is 12.0. The number of nitrogens with zero attached hydrogens (tertiary/aromatic N) is 5. The lowest BCUT2D eigenvalue weighted by Gasteiger charge is -2.25. The number of carbonyl (C=O) groups excluding carboxylic acids is 3. The highest BCUT2D eigenvalue weighted by Crippen LogP contribution is 2.39. The van der Waals surface area contributed by atoms with Crippen LogP contribution in [-0.2, 0) is 52.4 Å². The van der Waals surface area contributed by atoms with Crippen molar-refractivity contribution in [1.82, 2.24) is 0 Å². The van der Waals surface area contributed by atoms with E-state index >= 15 is 0 Å². The predicted molar refractivity (Wildman–Crippen MR) is 551 cm³/mol. The van der Waals surface area contributed by atoms with Crippen LogP contribution in [0.2, 0.25) is 10.0 Å². The largest absolute Gasteiger partial charge is 0.477 e. The molecule has 0 saturated carbocycles. The Morgan fingerprint density at radius 2 is 0.545 bits per heavy atom. The number of rotatable bonds is 26. The minimum absolute atomic E-state index is 0.00901. The maximum absolute atomic E-state index is 13.3. The number of carboxylic acids is 2. The van der Waals surface area contributed by atoms with Gasteiger partial charge in [-0.3, -0.25) is 14.4 Å². The first kappa shape index (κ1) is 99.1. The van der Waals surface area contributed by atoms with Crippen molar-refractivity contribution in [3.05, 3.63) is 462 Å². The first-order chi connectivity index (χ1) is 70.0. The second kappa shape index (κ2) is 45.0. The van der Waals surface area contributed by atoms with Crippen molar-refractivity contribution in [2.45, 2.75) is 86.0 Å². The van der Waals surface area contributed by atoms with Gasteiger partial charge in [0.15, 0.2) is 40.3 Å². The third kappa shape index (κ3) is 24.9.